The van der Waals surface area contributed by atoms with Crippen LogP contribution in [-0.2, 0) is 11.2 Å². The molecule has 3 rings (SSSR count). The van der Waals surface area contributed by atoms with E-state index in [1.54, 1.807) is 0 Å². The van der Waals surface area contributed by atoms with E-state index in [0.717, 1.165) is 18.5 Å². The van der Waals surface area contributed by atoms with Crippen molar-refractivity contribution in [3.8, 4) is 0 Å². The van der Waals surface area contributed by atoms with Crippen LogP contribution >= 0.6 is 0 Å². The summed E-state index contributed by atoms with van der Waals surface area (Å²) in [6.07, 6.45) is 4.00. The molecule has 2 aliphatic rings. The van der Waals surface area contributed by atoms with Gasteiger partial charge >= 0.3 is 6.09 Å². The first-order valence-corrected chi connectivity index (χ1v) is 6.93. The molecule has 0 radical (unpaired) electrons. The highest BCUT2D eigenvalue weighted by atomic mass is 16.6. The summed E-state index contributed by atoms with van der Waals surface area (Å²) < 4.78 is 5.25. The highest BCUT2D eigenvalue weighted by molar-refractivity contribution is 5.85. The SMILES string of the molecule is CC(C)[C@H]1COC(=O)N1C1=CCCc2ccccc21. The molecule has 0 unspecified atom stereocenters. The average molecular weight is 257 g/mol. The Morgan fingerprint density at radius 3 is 2.89 bits per heavy atom. The van der Waals surface area contributed by atoms with Crippen molar-refractivity contribution in [2.75, 3.05) is 6.61 Å². The maximum atomic E-state index is 12.1. The molecule has 1 amide bonds. The zero-order valence-corrected chi connectivity index (χ0v) is 11.4. The Morgan fingerprint density at radius 2 is 2.11 bits per heavy atom. The molecule has 1 aromatic carbocycles. The molecule has 19 heavy (non-hydrogen) atoms. The number of cyclic esters (lactones) is 1. The Balaban J connectivity index is 2.01. The highest BCUT2D eigenvalue weighted by Crippen LogP contribution is 2.34. The van der Waals surface area contributed by atoms with Gasteiger partial charge in [0, 0.05) is 5.56 Å². The van der Waals surface area contributed by atoms with Crippen LogP contribution in [-0.4, -0.2) is 23.6 Å². The summed E-state index contributed by atoms with van der Waals surface area (Å²) in [6.45, 7) is 4.76. The molecule has 0 bridgehead atoms. The number of ether oxygens (including phenoxy) is 1. The predicted octanol–water partition coefficient (Wildman–Crippen LogP) is 3.45. The molecule has 3 heteroatoms. The minimum atomic E-state index is -0.207. The summed E-state index contributed by atoms with van der Waals surface area (Å²) in [5.41, 5.74) is 3.53. The minimum absolute atomic E-state index is 0.143. The third kappa shape index (κ3) is 2.03. The van der Waals surface area contributed by atoms with Crippen LogP contribution in [0.4, 0.5) is 4.79 Å². The monoisotopic (exact) mass is 257 g/mol. The fourth-order valence-corrected chi connectivity index (χ4v) is 2.89. The van der Waals surface area contributed by atoms with E-state index < -0.39 is 0 Å². The largest absolute Gasteiger partial charge is 0.447 e. The van der Waals surface area contributed by atoms with Crippen molar-refractivity contribution in [1.29, 1.82) is 0 Å². The van der Waals surface area contributed by atoms with Crippen molar-refractivity contribution >= 4 is 11.8 Å². The second kappa shape index (κ2) is 4.72. The molecule has 1 saturated heterocycles. The molecule has 3 nitrogen and oxygen atoms in total. The van der Waals surface area contributed by atoms with Crippen molar-refractivity contribution < 1.29 is 9.53 Å². The zero-order chi connectivity index (χ0) is 13.4. The van der Waals surface area contributed by atoms with Crippen molar-refractivity contribution in [2.45, 2.75) is 32.7 Å². The van der Waals surface area contributed by atoms with E-state index in [0.29, 0.717) is 12.5 Å². The first-order chi connectivity index (χ1) is 9.18. The van der Waals surface area contributed by atoms with Crippen LogP contribution < -0.4 is 0 Å². The number of amides is 1. The third-order valence-corrected chi connectivity index (χ3v) is 3.98. The lowest BCUT2D eigenvalue weighted by atomic mass is 9.92. The number of fused-ring (bicyclic) bond motifs is 1. The topological polar surface area (TPSA) is 29.5 Å². The van der Waals surface area contributed by atoms with Gasteiger partial charge in [-0.1, -0.05) is 44.2 Å². The van der Waals surface area contributed by atoms with Crippen LogP contribution in [0.3, 0.4) is 0 Å². The van der Waals surface area contributed by atoms with E-state index in [1.165, 1.54) is 11.1 Å². The van der Waals surface area contributed by atoms with Gasteiger partial charge in [-0.3, -0.25) is 4.90 Å². The lowest BCUT2D eigenvalue weighted by Gasteiger charge is -2.30. The molecule has 0 aromatic heterocycles. The predicted molar refractivity (Wildman–Crippen MR) is 74.6 cm³/mol. The van der Waals surface area contributed by atoms with Crippen LogP contribution in [0.5, 0.6) is 0 Å². The second-order valence-electron chi connectivity index (χ2n) is 5.54. The highest BCUT2D eigenvalue weighted by Gasteiger charge is 2.38. The van der Waals surface area contributed by atoms with Gasteiger partial charge < -0.3 is 4.74 Å². The molecule has 100 valence electrons. The Bertz CT molecular complexity index is 533. The van der Waals surface area contributed by atoms with E-state index in [9.17, 15) is 4.79 Å². The number of allylic oxidation sites excluding steroid dienone is 1. The average Bonchev–Trinajstić information content (AvgIpc) is 2.80. The molecule has 0 spiro atoms. The maximum absolute atomic E-state index is 12.1. The van der Waals surface area contributed by atoms with Crippen LogP contribution in [0, 0.1) is 5.92 Å². The fraction of sp³-hybridized carbons (Fsp3) is 0.438. The summed E-state index contributed by atoms with van der Waals surface area (Å²) in [5.74, 6) is 0.390. The molecule has 1 fully saturated rings. The van der Waals surface area contributed by atoms with Gasteiger partial charge in [0.15, 0.2) is 0 Å². The summed E-state index contributed by atoms with van der Waals surface area (Å²) in [5, 5.41) is 0. The number of aryl methyl sites for hydroxylation is 1. The Kier molecular flexibility index (Phi) is 3.05. The number of nitrogens with zero attached hydrogens (tertiary/aromatic N) is 1. The second-order valence-corrected chi connectivity index (χ2v) is 5.54. The Morgan fingerprint density at radius 1 is 1.32 bits per heavy atom. The molecule has 0 saturated carbocycles. The summed E-state index contributed by atoms with van der Waals surface area (Å²) in [7, 11) is 0. The third-order valence-electron chi connectivity index (χ3n) is 3.98. The first-order valence-electron chi connectivity index (χ1n) is 6.93. The van der Waals surface area contributed by atoms with E-state index in [-0.39, 0.29) is 12.1 Å². The van der Waals surface area contributed by atoms with Gasteiger partial charge in [-0.15, -0.1) is 0 Å². The van der Waals surface area contributed by atoms with Crippen LogP contribution in [0.15, 0.2) is 30.3 Å². The number of carbonyl (C=O) groups excluding carboxylic acids is 1. The summed E-state index contributed by atoms with van der Waals surface area (Å²) >= 11 is 0. The molecule has 1 aliphatic carbocycles. The normalized spacial score (nSPS) is 22.3. The van der Waals surface area contributed by atoms with E-state index in [4.69, 9.17) is 4.74 Å². The molecule has 1 atom stereocenters. The van der Waals surface area contributed by atoms with Gasteiger partial charge in [0.1, 0.15) is 6.61 Å². The van der Waals surface area contributed by atoms with Crippen molar-refractivity contribution in [3.63, 3.8) is 0 Å². The first kappa shape index (κ1) is 12.3. The van der Waals surface area contributed by atoms with Gasteiger partial charge in [-0.05, 0) is 24.3 Å². The number of hydrogen-bond donors (Lipinski definition) is 0. The standard InChI is InChI=1S/C16H19NO2/c1-11(2)15-10-19-16(18)17(15)14-9-5-7-12-6-3-4-8-13(12)14/h3-4,6,8-9,11,15H,5,7,10H2,1-2H3/t15-/m1/s1. The van der Waals surface area contributed by atoms with E-state index in [2.05, 4.69) is 38.1 Å². The molecular weight excluding hydrogens is 238 g/mol. The molecule has 1 heterocycles. The fourth-order valence-electron chi connectivity index (χ4n) is 2.89. The Hall–Kier alpha value is -1.77. The van der Waals surface area contributed by atoms with Crippen LogP contribution in [0.1, 0.15) is 31.4 Å². The zero-order valence-electron chi connectivity index (χ0n) is 11.4. The lowest BCUT2D eigenvalue weighted by molar-refractivity contribution is 0.167. The molecule has 1 aliphatic heterocycles. The van der Waals surface area contributed by atoms with E-state index in [1.807, 2.05) is 11.0 Å². The number of benzene rings is 1. The van der Waals surface area contributed by atoms with E-state index >= 15 is 0 Å². The number of hydrogen-bond acceptors (Lipinski definition) is 2. The van der Waals surface area contributed by atoms with Gasteiger partial charge in [-0.2, -0.15) is 0 Å². The van der Waals surface area contributed by atoms with Gasteiger partial charge in [0.2, 0.25) is 0 Å². The van der Waals surface area contributed by atoms with Gasteiger partial charge in [0.25, 0.3) is 0 Å². The Labute approximate surface area is 113 Å². The van der Waals surface area contributed by atoms with Crippen LogP contribution in [0.2, 0.25) is 0 Å². The smallest absolute Gasteiger partial charge is 0.414 e. The quantitative estimate of drug-likeness (QED) is 0.812. The minimum Gasteiger partial charge on any atom is -0.447 e. The van der Waals surface area contributed by atoms with Crippen LogP contribution in [0.25, 0.3) is 5.70 Å². The van der Waals surface area contributed by atoms with Crippen molar-refractivity contribution in [3.05, 3.63) is 41.5 Å². The molecular formula is C16H19NO2. The van der Waals surface area contributed by atoms with Crippen molar-refractivity contribution in [2.24, 2.45) is 5.92 Å². The van der Waals surface area contributed by atoms with Gasteiger partial charge in [-0.25, -0.2) is 4.79 Å². The van der Waals surface area contributed by atoms with Gasteiger partial charge in [0.05, 0.1) is 11.7 Å². The molecule has 0 N–H and O–H groups in total. The number of carbonyl (C=O) groups is 1. The summed E-state index contributed by atoms with van der Waals surface area (Å²) in [4.78, 5) is 13.9. The maximum Gasteiger partial charge on any atom is 0.414 e. The molecule has 1 aromatic rings. The summed E-state index contributed by atoms with van der Waals surface area (Å²) in [6, 6.07) is 8.48. The van der Waals surface area contributed by atoms with Crippen molar-refractivity contribution in [1.82, 2.24) is 4.90 Å². The number of rotatable bonds is 2. The lowest BCUT2D eigenvalue weighted by Crippen LogP contribution is -2.36.